The van der Waals surface area contributed by atoms with Crippen molar-refractivity contribution in [3.63, 3.8) is 0 Å². The molecule has 1 aromatic carbocycles. The lowest BCUT2D eigenvalue weighted by Gasteiger charge is -2.08. The van der Waals surface area contributed by atoms with Gasteiger partial charge in [0.15, 0.2) is 5.13 Å². The second-order valence-corrected chi connectivity index (χ2v) is 5.45. The van der Waals surface area contributed by atoms with Gasteiger partial charge in [0.25, 0.3) is 5.91 Å². The Labute approximate surface area is 125 Å². The Bertz CT molecular complexity index is 650. The molecule has 0 atom stereocenters. The number of nitrogens with zero attached hydrogens (tertiary/aromatic N) is 1. The van der Waals surface area contributed by atoms with Crippen LogP contribution in [-0.2, 0) is 4.74 Å². The minimum atomic E-state index is -0.393. The van der Waals surface area contributed by atoms with E-state index >= 15 is 0 Å². The first-order valence-electron chi connectivity index (χ1n) is 6.29. The summed E-state index contributed by atoms with van der Waals surface area (Å²) >= 11 is 1.20. The summed E-state index contributed by atoms with van der Waals surface area (Å²) < 4.78 is 5.08. The predicted molar refractivity (Wildman–Crippen MR) is 81.5 cm³/mol. The Kier molecular flexibility index (Phi) is 4.54. The van der Waals surface area contributed by atoms with Crippen molar-refractivity contribution >= 4 is 34.0 Å². The van der Waals surface area contributed by atoms with Crippen LogP contribution in [0.5, 0.6) is 0 Å². The molecule has 21 heavy (non-hydrogen) atoms. The van der Waals surface area contributed by atoms with E-state index in [1.54, 1.807) is 43.5 Å². The van der Waals surface area contributed by atoms with Gasteiger partial charge >= 0.3 is 5.97 Å². The number of esters is 1. The molecule has 1 heterocycles. The van der Waals surface area contributed by atoms with Gasteiger partial charge in [-0.2, -0.15) is 0 Å². The Morgan fingerprint density at radius 3 is 2.48 bits per heavy atom. The first kappa shape index (κ1) is 15.0. The number of ether oxygens (including phenoxy) is 1. The quantitative estimate of drug-likeness (QED) is 0.846. The number of hydrogen-bond donors (Lipinski definition) is 2. The molecule has 1 amide bonds. The summed E-state index contributed by atoms with van der Waals surface area (Å²) in [4.78, 5) is 27.5. The van der Waals surface area contributed by atoms with Crippen molar-refractivity contribution in [3.05, 3.63) is 40.9 Å². The Balaban J connectivity index is 2.02. The van der Waals surface area contributed by atoms with Crippen molar-refractivity contribution in [1.29, 1.82) is 0 Å². The molecule has 0 aliphatic heterocycles. The fourth-order valence-corrected chi connectivity index (χ4v) is 2.10. The standard InChI is InChI=1S/C14H15N3O3S/c1-8(2)20-13(19)9-3-5-10(6-4-9)16-12(18)11-7-21-14(15)17-11/h3-8H,1-2H3,(H2,15,17)(H,16,18). The average molecular weight is 305 g/mol. The molecular formula is C14H15N3O3S. The maximum absolute atomic E-state index is 11.9. The number of carbonyl (C=O) groups is 2. The van der Waals surface area contributed by atoms with Crippen LogP contribution >= 0.6 is 11.3 Å². The molecule has 3 N–H and O–H groups in total. The highest BCUT2D eigenvalue weighted by atomic mass is 32.1. The zero-order valence-electron chi connectivity index (χ0n) is 11.6. The maximum atomic E-state index is 11.9. The number of nitrogens with one attached hydrogen (secondary N) is 1. The van der Waals surface area contributed by atoms with E-state index in [9.17, 15) is 9.59 Å². The van der Waals surface area contributed by atoms with Crippen LogP contribution in [0.2, 0.25) is 0 Å². The molecule has 0 fully saturated rings. The van der Waals surface area contributed by atoms with E-state index in [-0.39, 0.29) is 17.7 Å². The fourth-order valence-electron chi connectivity index (χ4n) is 1.56. The van der Waals surface area contributed by atoms with Crippen molar-refractivity contribution in [1.82, 2.24) is 4.98 Å². The molecule has 7 heteroatoms. The highest BCUT2D eigenvalue weighted by Gasteiger charge is 2.12. The van der Waals surface area contributed by atoms with Crippen LogP contribution in [0, 0.1) is 0 Å². The molecule has 0 saturated heterocycles. The Morgan fingerprint density at radius 2 is 1.95 bits per heavy atom. The number of rotatable bonds is 4. The smallest absolute Gasteiger partial charge is 0.338 e. The molecule has 2 rings (SSSR count). The third-order valence-corrected chi connectivity index (χ3v) is 3.15. The molecule has 6 nitrogen and oxygen atoms in total. The van der Waals surface area contributed by atoms with Gasteiger partial charge in [0, 0.05) is 11.1 Å². The van der Waals surface area contributed by atoms with E-state index in [0.29, 0.717) is 16.4 Å². The fraction of sp³-hybridized carbons (Fsp3) is 0.214. The van der Waals surface area contributed by atoms with E-state index < -0.39 is 5.97 Å². The number of hydrogen-bond acceptors (Lipinski definition) is 6. The first-order valence-corrected chi connectivity index (χ1v) is 7.17. The highest BCUT2D eigenvalue weighted by Crippen LogP contribution is 2.15. The summed E-state index contributed by atoms with van der Waals surface area (Å²) in [5.74, 6) is -0.740. The number of benzene rings is 1. The molecular weight excluding hydrogens is 290 g/mol. The second-order valence-electron chi connectivity index (χ2n) is 4.56. The summed E-state index contributed by atoms with van der Waals surface area (Å²) in [7, 11) is 0. The summed E-state index contributed by atoms with van der Waals surface area (Å²) in [6.45, 7) is 3.57. The first-order chi connectivity index (χ1) is 9.95. The molecule has 0 bridgehead atoms. The molecule has 0 unspecified atom stereocenters. The third-order valence-electron chi connectivity index (χ3n) is 2.48. The van der Waals surface area contributed by atoms with Gasteiger partial charge < -0.3 is 15.8 Å². The monoisotopic (exact) mass is 305 g/mol. The number of nitrogen functional groups attached to an aromatic ring is 1. The Hall–Kier alpha value is -2.41. The number of nitrogens with two attached hydrogens (primary N) is 1. The van der Waals surface area contributed by atoms with Crippen molar-refractivity contribution < 1.29 is 14.3 Å². The summed E-state index contributed by atoms with van der Waals surface area (Å²) in [6, 6.07) is 6.45. The molecule has 0 saturated carbocycles. The lowest BCUT2D eigenvalue weighted by atomic mass is 10.2. The van der Waals surface area contributed by atoms with Crippen LogP contribution in [0.1, 0.15) is 34.7 Å². The molecule has 0 radical (unpaired) electrons. The van der Waals surface area contributed by atoms with Crippen LogP contribution in [0.4, 0.5) is 10.8 Å². The molecule has 2 aromatic rings. The van der Waals surface area contributed by atoms with Crippen molar-refractivity contribution in [2.45, 2.75) is 20.0 Å². The van der Waals surface area contributed by atoms with Crippen LogP contribution in [-0.4, -0.2) is 23.0 Å². The lowest BCUT2D eigenvalue weighted by molar-refractivity contribution is 0.0378. The van der Waals surface area contributed by atoms with Crippen LogP contribution < -0.4 is 11.1 Å². The van der Waals surface area contributed by atoms with Crippen molar-refractivity contribution in [3.8, 4) is 0 Å². The normalized spacial score (nSPS) is 10.4. The second kappa shape index (κ2) is 6.36. The van der Waals surface area contributed by atoms with E-state index in [4.69, 9.17) is 10.5 Å². The van der Waals surface area contributed by atoms with Gasteiger partial charge in [0.2, 0.25) is 0 Å². The molecule has 0 aliphatic carbocycles. The minimum absolute atomic E-state index is 0.174. The van der Waals surface area contributed by atoms with Gasteiger partial charge in [0.1, 0.15) is 5.69 Å². The van der Waals surface area contributed by atoms with Gasteiger partial charge in [0.05, 0.1) is 11.7 Å². The van der Waals surface area contributed by atoms with E-state index in [0.717, 1.165) is 0 Å². The van der Waals surface area contributed by atoms with Gasteiger partial charge in [-0.15, -0.1) is 11.3 Å². The molecule has 0 spiro atoms. The van der Waals surface area contributed by atoms with Gasteiger partial charge in [-0.1, -0.05) is 0 Å². The lowest BCUT2D eigenvalue weighted by Crippen LogP contribution is -2.13. The largest absolute Gasteiger partial charge is 0.459 e. The van der Waals surface area contributed by atoms with E-state index in [1.165, 1.54) is 11.3 Å². The SMILES string of the molecule is CC(C)OC(=O)c1ccc(NC(=O)c2csc(N)n2)cc1. The minimum Gasteiger partial charge on any atom is -0.459 e. The van der Waals surface area contributed by atoms with E-state index in [1.807, 2.05) is 0 Å². The van der Waals surface area contributed by atoms with Crippen molar-refractivity contribution in [2.24, 2.45) is 0 Å². The summed E-state index contributed by atoms with van der Waals surface area (Å²) in [6.07, 6.45) is -0.174. The average Bonchev–Trinajstić information content (AvgIpc) is 2.85. The third kappa shape index (κ3) is 4.03. The van der Waals surface area contributed by atoms with Gasteiger partial charge in [-0.05, 0) is 38.1 Å². The number of thiazole rings is 1. The summed E-state index contributed by atoms with van der Waals surface area (Å²) in [5.41, 5.74) is 6.74. The highest BCUT2D eigenvalue weighted by molar-refractivity contribution is 7.13. The van der Waals surface area contributed by atoms with Crippen LogP contribution in [0.25, 0.3) is 0 Å². The van der Waals surface area contributed by atoms with Gasteiger partial charge in [-0.3, -0.25) is 4.79 Å². The predicted octanol–water partition coefficient (Wildman–Crippen LogP) is 2.54. The zero-order valence-corrected chi connectivity index (χ0v) is 12.4. The number of carbonyl (C=O) groups excluding carboxylic acids is 2. The Morgan fingerprint density at radius 1 is 1.29 bits per heavy atom. The maximum Gasteiger partial charge on any atom is 0.338 e. The van der Waals surface area contributed by atoms with Crippen molar-refractivity contribution in [2.75, 3.05) is 11.1 Å². The number of anilines is 2. The number of aromatic nitrogens is 1. The van der Waals surface area contributed by atoms with Crippen LogP contribution in [0.15, 0.2) is 29.6 Å². The number of amides is 1. The zero-order chi connectivity index (χ0) is 15.4. The molecule has 0 aliphatic rings. The topological polar surface area (TPSA) is 94.3 Å². The summed E-state index contributed by atoms with van der Waals surface area (Å²) in [5, 5.41) is 4.60. The van der Waals surface area contributed by atoms with E-state index in [2.05, 4.69) is 10.3 Å². The van der Waals surface area contributed by atoms with Gasteiger partial charge in [-0.25, -0.2) is 9.78 Å². The molecule has 110 valence electrons. The molecule has 1 aromatic heterocycles. The van der Waals surface area contributed by atoms with Crippen LogP contribution in [0.3, 0.4) is 0 Å².